The second-order valence-electron chi connectivity index (χ2n) is 5.65. The smallest absolute Gasteiger partial charge is 0.233 e. The molecule has 0 aliphatic heterocycles. The minimum atomic E-state index is 0.133. The predicted molar refractivity (Wildman–Crippen MR) is 67.3 cm³/mol. The van der Waals surface area contributed by atoms with E-state index in [0.717, 1.165) is 13.0 Å². The fraction of sp³-hybridized carbons (Fsp3) is 0.923. The summed E-state index contributed by atoms with van der Waals surface area (Å²) in [5.74, 6) is 0.786. The lowest BCUT2D eigenvalue weighted by atomic mass is 10.0. The molecule has 0 aromatic carbocycles. The van der Waals surface area contributed by atoms with Gasteiger partial charge in [0, 0.05) is 12.1 Å². The maximum absolute atomic E-state index is 11.5. The molecule has 0 atom stereocenters. The lowest BCUT2D eigenvalue weighted by Crippen LogP contribution is -2.45. The molecule has 0 bridgehead atoms. The van der Waals surface area contributed by atoms with Gasteiger partial charge in [0.1, 0.15) is 0 Å². The molecule has 0 spiro atoms. The van der Waals surface area contributed by atoms with Gasteiger partial charge < -0.3 is 10.6 Å². The monoisotopic (exact) mass is 226 g/mol. The highest BCUT2D eigenvalue weighted by Crippen LogP contribution is 2.28. The molecule has 0 saturated heterocycles. The van der Waals surface area contributed by atoms with E-state index in [1.807, 2.05) is 0 Å². The summed E-state index contributed by atoms with van der Waals surface area (Å²) < 4.78 is 0. The van der Waals surface area contributed by atoms with E-state index in [4.69, 9.17) is 0 Å². The number of nitrogens with one attached hydrogen (secondary N) is 2. The van der Waals surface area contributed by atoms with Crippen molar-refractivity contribution in [2.45, 2.75) is 58.4 Å². The lowest BCUT2D eigenvalue weighted by molar-refractivity contribution is -0.120. The molecule has 0 radical (unpaired) electrons. The lowest BCUT2D eigenvalue weighted by Gasteiger charge is -2.25. The van der Waals surface area contributed by atoms with Crippen LogP contribution in [0.25, 0.3) is 0 Å². The van der Waals surface area contributed by atoms with E-state index in [9.17, 15) is 4.79 Å². The first-order valence-corrected chi connectivity index (χ1v) is 6.53. The van der Waals surface area contributed by atoms with Gasteiger partial charge in [-0.2, -0.15) is 0 Å². The average Bonchev–Trinajstić information content (AvgIpc) is 2.62. The highest BCUT2D eigenvalue weighted by atomic mass is 16.1. The fourth-order valence-corrected chi connectivity index (χ4v) is 2.19. The van der Waals surface area contributed by atoms with Crippen LogP contribution >= 0.6 is 0 Å². The summed E-state index contributed by atoms with van der Waals surface area (Å²) in [5, 5.41) is 6.34. The van der Waals surface area contributed by atoms with Crippen LogP contribution in [0.4, 0.5) is 0 Å². The van der Waals surface area contributed by atoms with E-state index < -0.39 is 0 Å². The standard InChI is InChI=1S/C13H26N2O/c1-11(2)6-9-14-12(16)10-15-13(3)7-4-5-8-13/h11,15H,4-10H2,1-3H3,(H,14,16). The molecule has 0 unspecified atom stereocenters. The first kappa shape index (κ1) is 13.5. The van der Waals surface area contributed by atoms with Gasteiger partial charge in [-0.15, -0.1) is 0 Å². The normalized spacial score (nSPS) is 19.0. The summed E-state index contributed by atoms with van der Waals surface area (Å²) in [5.41, 5.74) is 0.204. The molecule has 1 saturated carbocycles. The quantitative estimate of drug-likeness (QED) is 0.728. The first-order chi connectivity index (χ1) is 7.52. The molecule has 0 aromatic rings. The van der Waals surface area contributed by atoms with Crippen LogP contribution < -0.4 is 10.6 Å². The summed E-state index contributed by atoms with van der Waals surface area (Å²) in [6.45, 7) is 7.83. The molecule has 3 nitrogen and oxygen atoms in total. The van der Waals surface area contributed by atoms with E-state index >= 15 is 0 Å². The molecular weight excluding hydrogens is 200 g/mol. The largest absolute Gasteiger partial charge is 0.355 e. The molecule has 0 aromatic heterocycles. The van der Waals surface area contributed by atoms with Gasteiger partial charge in [0.15, 0.2) is 0 Å². The zero-order chi connectivity index (χ0) is 12.0. The van der Waals surface area contributed by atoms with Gasteiger partial charge in [-0.05, 0) is 32.1 Å². The molecule has 0 heterocycles. The van der Waals surface area contributed by atoms with Crippen molar-refractivity contribution in [3.63, 3.8) is 0 Å². The fourth-order valence-electron chi connectivity index (χ4n) is 2.19. The third kappa shape index (κ3) is 4.97. The molecule has 2 N–H and O–H groups in total. The van der Waals surface area contributed by atoms with Crippen LogP contribution in [-0.4, -0.2) is 24.5 Å². The van der Waals surface area contributed by atoms with Gasteiger partial charge in [0.05, 0.1) is 6.54 Å². The summed E-state index contributed by atoms with van der Waals surface area (Å²) in [7, 11) is 0. The predicted octanol–water partition coefficient (Wildman–Crippen LogP) is 2.07. The molecule has 1 aliphatic rings. The Balaban J connectivity index is 2.10. The second kappa shape index (κ2) is 6.24. The van der Waals surface area contributed by atoms with E-state index in [2.05, 4.69) is 31.4 Å². The number of carbonyl (C=O) groups excluding carboxylic acids is 1. The van der Waals surface area contributed by atoms with E-state index in [0.29, 0.717) is 12.5 Å². The Morgan fingerprint density at radius 3 is 2.50 bits per heavy atom. The van der Waals surface area contributed by atoms with Crippen molar-refractivity contribution >= 4 is 5.91 Å². The topological polar surface area (TPSA) is 41.1 Å². The molecule has 1 fully saturated rings. The zero-order valence-electron chi connectivity index (χ0n) is 10.9. The van der Waals surface area contributed by atoms with Crippen molar-refractivity contribution in [3.8, 4) is 0 Å². The Morgan fingerprint density at radius 1 is 1.31 bits per heavy atom. The van der Waals surface area contributed by atoms with Crippen molar-refractivity contribution in [2.75, 3.05) is 13.1 Å². The Labute approximate surface area is 99.4 Å². The van der Waals surface area contributed by atoms with Crippen LogP contribution in [0.5, 0.6) is 0 Å². The average molecular weight is 226 g/mol. The highest BCUT2D eigenvalue weighted by Gasteiger charge is 2.28. The van der Waals surface area contributed by atoms with Crippen molar-refractivity contribution in [2.24, 2.45) is 5.92 Å². The third-order valence-corrected chi connectivity index (χ3v) is 3.43. The van der Waals surface area contributed by atoms with Gasteiger partial charge in [-0.1, -0.05) is 26.7 Å². The van der Waals surface area contributed by atoms with Gasteiger partial charge in [-0.25, -0.2) is 0 Å². The van der Waals surface area contributed by atoms with Gasteiger partial charge in [-0.3, -0.25) is 4.79 Å². The van der Waals surface area contributed by atoms with Gasteiger partial charge in [0.25, 0.3) is 0 Å². The SMILES string of the molecule is CC(C)CCNC(=O)CNC1(C)CCCC1. The van der Waals surface area contributed by atoms with Crippen LogP contribution in [0.2, 0.25) is 0 Å². The summed E-state index contributed by atoms with van der Waals surface area (Å²) in [6, 6.07) is 0. The maximum atomic E-state index is 11.5. The number of hydrogen-bond acceptors (Lipinski definition) is 2. The molecule has 3 heteroatoms. The third-order valence-electron chi connectivity index (χ3n) is 3.43. The van der Waals surface area contributed by atoms with Gasteiger partial charge in [0.2, 0.25) is 5.91 Å². The summed E-state index contributed by atoms with van der Waals surface area (Å²) in [4.78, 5) is 11.5. The van der Waals surface area contributed by atoms with Crippen LogP contribution in [-0.2, 0) is 4.79 Å². The van der Waals surface area contributed by atoms with E-state index in [-0.39, 0.29) is 11.4 Å². The zero-order valence-corrected chi connectivity index (χ0v) is 10.9. The highest BCUT2D eigenvalue weighted by molar-refractivity contribution is 5.78. The Kier molecular flexibility index (Phi) is 5.26. The van der Waals surface area contributed by atoms with Crippen LogP contribution in [0.1, 0.15) is 52.9 Å². The minimum Gasteiger partial charge on any atom is -0.355 e. The molecule has 1 amide bonds. The molecular formula is C13H26N2O. The number of hydrogen-bond donors (Lipinski definition) is 2. The Hall–Kier alpha value is -0.570. The van der Waals surface area contributed by atoms with Gasteiger partial charge >= 0.3 is 0 Å². The van der Waals surface area contributed by atoms with Crippen LogP contribution in [0, 0.1) is 5.92 Å². The number of amides is 1. The van der Waals surface area contributed by atoms with Crippen molar-refractivity contribution < 1.29 is 4.79 Å². The van der Waals surface area contributed by atoms with Crippen LogP contribution in [0.15, 0.2) is 0 Å². The van der Waals surface area contributed by atoms with Crippen molar-refractivity contribution in [3.05, 3.63) is 0 Å². The van der Waals surface area contributed by atoms with E-state index in [1.54, 1.807) is 0 Å². The Bertz CT molecular complexity index is 220. The van der Waals surface area contributed by atoms with E-state index in [1.165, 1.54) is 25.7 Å². The molecule has 94 valence electrons. The molecule has 1 rings (SSSR count). The second-order valence-corrected chi connectivity index (χ2v) is 5.65. The molecule has 16 heavy (non-hydrogen) atoms. The summed E-state index contributed by atoms with van der Waals surface area (Å²) >= 11 is 0. The number of carbonyl (C=O) groups is 1. The van der Waals surface area contributed by atoms with Crippen LogP contribution in [0.3, 0.4) is 0 Å². The van der Waals surface area contributed by atoms with Crippen molar-refractivity contribution in [1.29, 1.82) is 0 Å². The Morgan fingerprint density at radius 2 is 1.94 bits per heavy atom. The van der Waals surface area contributed by atoms with Crippen molar-refractivity contribution in [1.82, 2.24) is 10.6 Å². The minimum absolute atomic E-state index is 0.133. The first-order valence-electron chi connectivity index (χ1n) is 6.53. The summed E-state index contributed by atoms with van der Waals surface area (Å²) in [6.07, 6.45) is 6.04. The maximum Gasteiger partial charge on any atom is 0.233 e. The molecule has 1 aliphatic carbocycles. The number of rotatable bonds is 6.